The van der Waals surface area contributed by atoms with Crippen LogP contribution in [-0.2, 0) is 68.9 Å². The number of H-pyrrole nitrogens is 4. The number of ether oxygens (including phenoxy) is 4. The van der Waals surface area contributed by atoms with Crippen molar-refractivity contribution in [3.63, 3.8) is 0 Å². The van der Waals surface area contributed by atoms with Crippen molar-refractivity contribution in [3.8, 4) is 0 Å². The van der Waals surface area contributed by atoms with Crippen LogP contribution in [0.4, 0.5) is 11.9 Å². The van der Waals surface area contributed by atoms with Gasteiger partial charge in [0.05, 0.1) is 39.1 Å². The zero-order valence-corrected chi connectivity index (χ0v) is 47.2. The normalized spacial score (nSPS) is 28.5. The molecular weight excluding hydrogens is 1230 g/mol. The first kappa shape index (κ1) is 62.0. The number of hydrogen-bond acceptors (Lipinski definition) is 28. The molecule has 0 aromatic carbocycles. The molecule has 4 saturated heterocycles. The van der Waals surface area contributed by atoms with Gasteiger partial charge in [-0.1, -0.05) is 0 Å². The van der Waals surface area contributed by atoms with Crippen LogP contribution < -0.4 is 45.1 Å². The van der Waals surface area contributed by atoms with E-state index < -0.39 is 178 Å². The minimum atomic E-state index is -5.50. The third-order valence-electron chi connectivity index (χ3n) is 13.6. The van der Waals surface area contributed by atoms with Crippen LogP contribution in [0.25, 0.3) is 22.3 Å². The molecule has 0 amide bonds. The van der Waals surface area contributed by atoms with Crippen molar-refractivity contribution < 1.29 is 98.4 Å². The van der Waals surface area contributed by atoms with Crippen LogP contribution in [0, 0.1) is 13.8 Å². The summed E-state index contributed by atoms with van der Waals surface area (Å²) in [5.41, 5.74) is 6.09. The van der Waals surface area contributed by atoms with Crippen molar-refractivity contribution in [2.75, 3.05) is 37.9 Å². The molecule has 0 saturated carbocycles. The highest BCUT2D eigenvalue weighted by molar-refractivity contribution is 7.48. The number of anilines is 2. The second kappa shape index (κ2) is 23.9. The number of phosphoric acid groups is 4. The predicted octanol–water partition coefficient (Wildman–Crippen LogP) is -2.74. The molecule has 14 N–H and O–H groups in total. The summed E-state index contributed by atoms with van der Waals surface area (Å²) in [6.45, 7) is -1.08. The van der Waals surface area contributed by atoms with Crippen LogP contribution in [0.5, 0.6) is 0 Å². The fraction of sp³-hybridized carbons (Fsp3) is 0.550. The van der Waals surface area contributed by atoms with E-state index in [1.54, 1.807) is 0 Å². The van der Waals surface area contributed by atoms with Crippen molar-refractivity contribution in [2.24, 2.45) is 0 Å². The van der Waals surface area contributed by atoms with Crippen molar-refractivity contribution in [2.45, 2.75) is 113 Å². The van der Waals surface area contributed by atoms with Crippen LogP contribution in [0.2, 0.25) is 0 Å². The molecule has 464 valence electrons. The number of nitrogen functional groups attached to an aromatic ring is 2. The zero-order chi connectivity index (χ0) is 61.2. The van der Waals surface area contributed by atoms with Gasteiger partial charge >= 0.3 is 42.7 Å². The van der Waals surface area contributed by atoms with Crippen LogP contribution >= 0.6 is 31.3 Å². The molecule has 85 heavy (non-hydrogen) atoms. The number of aryl methyl sites for hydroxylation is 2. The molecule has 10 heterocycles. The highest BCUT2D eigenvalue weighted by Crippen LogP contribution is 2.54. The molecule has 0 radical (unpaired) electrons. The summed E-state index contributed by atoms with van der Waals surface area (Å²) in [5.74, 6) is -0.668. The van der Waals surface area contributed by atoms with Crippen LogP contribution in [0.1, 0.15) is 61.7 Å². The molecule has 10 rings (SSSR count). The van der Waals surface area contributed by atoms with Gasteiger partial charge in [0.2, 0.25) is 11.9 Å². The molecular formula is C40H52N14O27P4. The van der Waals surface area contributed by atoms with Gasteiger partial charge in [-0.15, -0.1) is 0 Å². The largest absolute Gasteiger partial charge is 0.472 e. The molecule has 6 aromatic heterocycles. The van der Waals surface area contributed by atoms with E-state index in [2.05, 4.69) is 39.9 Å². The summed E-state index contributed by atoms with van der Waals surface area (Å²) in [5, 5.41) is 10.0. The quantitative estimate of drug-likeness (QED) is 0.0307. The number of nitrogens with two attached hydrogens (primary N) is 2. The van der Waals surface area contributed by atoms with Crippen LogP contribution in [0.3, 0.4) is 0 Å². The van der Waals surface area contributed by atoms with E-state index in [9.17, 15) is 76.6 Å². The minimum absolute atomic E-state index is 0.0145. The number of aromatic amines is 4. The smallest absolute Gasteiger partial charge is 0.394 e. The van der Waals surface area contributed by atoms with Gasteiger partial charge in [-0.3, -0.25) is 89.0 Å². The van der Waals surface area contributed by atoms with Crippen molar-refractivity contribution in [1.82, 2.24) is 58.1 Å². The molecule has 6 aromatic rings. The first-order valence-electron chi connectivity index (χ1n) is 24.9. The van der Waals surface area contributed by atoms with Gasteiger partial charge in [0, 0.05) is 49.2 Å². The Balaban J connectivity index is 0.854. The topological polar surface area (TPSA) is 580 Å². The van der Waals surface area contributed by atoms with Gasteiger partial charge in [0.1, 0.15) is 73.7 Å². The molecule has 4 aliphatic heterocycles. The van der Waals surface area contributed by atoms with Crippen molar-refractivity contribution >= 4 is 65.5 Å². The van der Waals surface area contributed by atoms with E-state index in [-0.39, 0.29) is 58.2 Å². The lowest BCUT2D eigenvalue weighted by Crippen LogP contribution is -2.33. The first-order valence-corrected chi connectivity index (χ1v) is 31.0. The number of imidazole rings is 2. The first-order chi connectivity index (χ1) is 39.9. The number of rotatable bonds is 22. The Morgan fingerprint density at radius 1 is 0.518 bits per heavy atom. The van der Waals surface area contributed by atoms with Crippen molar-refractivity contribution in [3.05, 3.63) is 98.6 Å². The highest BCUT2D eigenvalue weighted by Gasteiger charge is 2.49. The van der Waals surface area contributed by atoms with Gasteiger partial charge in [-0.05, 0) is 13.8 Å². The summed E-state index contributed by atoms with van der Waals surface area (Å²) in [7, 11) is -21.5. The Hall–Kier alpha value is -6.10. The summed E-state index contributed by atoms with van der Waals surface area (Å²) in [4.78, 5) is 153. The highest BCUT2D eigenvalue weighted by atomic mass is 31.2. The maximum atomic E-state index is 14.0. The second-order valence-corrected chi connectivity index (χ2v) is 24.9. The van der Waals surface area contributed by atoms with Gasteiger partial charge in [-0.2, -0.15) is 9.97 Å². The molecule has 4 aliphatic rings. The number of fused-ring (bicyclic) bond motifs is 2. The molecule has 0 spiro atoms. The number of phosphoric ester groups is 4. The number of aliphatic hydroxyl groups is 1. The third-order valence-corrected chi connectivity index (χ3v) is 17.2. The molecule has 0 bridgehead atoms. The fourth-order valence-electron chi connectivity index (χ4n) is 9.73. The van der Waals surface area contributed by atoms with Gasteiger partial charge < -0.3 is 60.0 Å². The molecule has 4 fully saturated rings. The summed E-state index contributed by atoms with van der Waals surface area (Å²) >= 11 is 0. The Bertz CT molecular complexity index is 4100. The Morgan fingerprint density at radius 2 is 0.847 bits per heavy atom. The standard InChI is InChI=1S/C40H52N14O27P4/c1-15-7-51(39(60)49-33(15)56)25-3-17(21(9-55)74-25)79-83(65,66)72-11-23-19(5-26(75-23)52-8-16(2)34(57)50-40(52)61)80-85(69,70)73-12-24-20(6-28(77-24)54-14-44-30-32(54)46-38(42)48-36(30)59)81-84(67,68)71-10-22-18(78-82(62,63)64)4-27(76-22)53-13-43-29-31(53)45-37(41)47-35(29)58/h7-8,13-14,17-28,55H,3-6,9-12H2,1-2H3,(H,65,66)(H,67,68)(H,69,70)(H,49,56,60)(H,50,57,61)(H2,62,63,64)(H3,41,45,47,58)(H3,42,46,48,59)/t17-,18-,19-,20-,21+,22+,23+,24+,25+,26+,27+,28+/m0/s1. The monoisotopic (exact) mass is 1280 g/mol. The third kappa shape index (κ3) is 13.9. The lowest BCUT2D eigenvalue weighted by atomic mass is 10.2. The number of aromatic nitrogens is 12. The maximum absolute atomic E-state index is 14.0. The lowest BCUT2D eigenvalue weighted by Gasteiger charge is -2.25. The number of nitrogens with zero attached hydrogens (tertiary/aromatic N) is 8. The molecule has 41 nitrogen and oxygen atoms in total. The minimum Gasteiger partial charge on any atom is -0.394 e. The SMILES string of the molecule is Cc1cn([C@H]2C[C@H](OP(=O)(O)OC[C@H]3O[C@@H](n4cc(C)c(=O)[nH]c4=O)C[C@@H]3OP(=O)(O)OC[C@H]3O[C@@H](n4cnc5c(=O)[nH]c(N)nc54)C[C@@H]3OP(=O)(O)OC[C@H]3O[C@@H](n4cnc5c(=O)[nH]c(N)nc54)C[C@@H]3OP(=O)(O)O)[C@@H](CO)O2)c(=O)[nH]c1=O. The number of hydrogen-bond donors (Lipinski definition) is 12. The van der Waals surface area contributed by atoms with E-state index in [1.165, 1.54) is 29.2 Å². The molecule has 45 heteroatoms. The Labute approximate surface area is 470 Å². The van der Waals surface area contributed by atoms with Gasteiger partial charge in [-0.25, -0.2) is 37.8 Å². The number of aliphatic hydroxyl groups excluding tert-OH is 1. The average Bonchev–Trinajstić information content (AvgIpc) is 3.59. The van der Waals surface area contributed by atoms with E-state index >= 15 is 0 Å². The van der Waals surface area contributed by atoms with Crippen LogP contribution in [0.15, 0.2) is 53.8 Å². The van der Waals surface area contributed by atoms with E-state index in [0.29, 0.717) is 0 Å². The Morgan fingerprint density at radius 3 is 1.20 bits per heavy atom. The van der Waals surface area contributed by atoms with E-state index in [0.717, 1.165) is 28.0 Å². The second-order valence-electron chi connectivity index (χ2n) is 19.5. The molecule has 3 unspecified atom stereocenters. The Kier molecular flexibility index (Phi) is 17.4. The fourth-order valence-corrected chi connectivity index (χ4v) is 13.2. The summed E-state index contributed by atoms with van der Waals surface area (Å²) in [6.07, 6.45) is -15.1. The zero-order valence-electron chi connectivity index (χ0n) is 43.7. The number of nitrogens with one attached hydrogen (secondary N) is 4. The lowest BCUT2D eigenvalue weighted by molar-refractivity contribution is -0.0629. The van der Waals surface area contributed by atoms with Gasteiger partial charge in [0.15, 0.2) is 22.3 Å². The van der Waals surface area contributed by atoms with Crippen LogP contribution in [-0.4, -0.2) is 163 Å². The average molecular weight is 1280 g/mol. The summed E-state index contributed by atoms with van der Waals surface area (Å²) in [6, 6.07) is 0. The summed E-state index contributed by atoms with van der Waals surface area (Å²) < 4.78 is 119. The molecule has 15 atom stereocenters. The van der Waals surface area contributed by atoms with Crippen molar-refractivity contribution in [1.29, 1.82) is 0 Å². The van der Waals surface area contributed by atoms with E-state index in [4.69, 9.17) is 62.1 Å². The predicted molar refractivity (Wildman–Crippen MR) is 277 cm³/mol. The van der Waals surface area contributed by atoms with Gasteiger partial charge in [0.25, 0.3) is 22.2 Å². The van der Waals surface area contributed by atoms with E-state index in [1.807, 2.05) is 0 Å². The molecule has 0 aliphatic carbocycles. The maximum Gasteiger partial charge on any atom is 0.472 e.